The Morgan fingerprint density at radius 1 is 0.720 bits per heavy atom. The number of fused-ring (bicyclic) bond motifs is 2. The number of hydrogen-bond acceptors (Lipinski definition) is 1. The summed E-state index contributed by atoms with van der Waals surface area (Å²) >= 11 is 0. The number of hydrogen-bond donors (Lipinski definition) is 0. The molecular formula is C24H23N. The lowest BCUT2D eigenvalue weighted by Crippen LogP contribution is -2.15. The summed E-state index contributed by atoms with van der Waals surface area (Å²) in [4.78, 5) is 4.53. The molecule has 0 amide bonds. The fourth-order valence-corrected chi connectivity index (χ4v) is 4.66. The van der Waals surface area contributed by atoms with Crippen molar-refractivity contribution in [3.05, 3.63) is 90.1 Å². The molecule has 1 heterocycles. The van der Waals surface area contributed by atoms with Crippen LogP contribution in [0.2, 0.25) is 0 Å². The van der Waals surface area contributed by atoms with Crippen LogP contribution in [-0.2, 0) is 0 Å². The molecule has 1 nitrogen and oxygen atoms in total. The van der Waals surface area contributed by atoms with Gasteiger partial charge in [-0.1, -0.05) is 60.7 Å². The largest absolute Gasteiger partial charge is 0.256 e. The van der Waals surface area contributed by atoms with Gasteiger partial charge in [0, 0.05) is 14.5 Å². The van der Waals surface area contributed by atoms with Gasteiger partial charge in [-0.3, -0.25) is 4.98 Å². The second-order valence-corrected chi connectivity index (χ2v) is 7.25. The van der Waals surface area contributed by atoms with E-state index >= 15 is 0 Å². The average Bonchev–Trinajstić information content (AvgIpc) is 3.24. The summed E-state index contributed by atoms with van der Waals surface area (Å²) in [7, 11) is 0. The van der Waals surface area contributed by atoms with E-state index in [4.69, 9.17) is 1.37 Å². The van der Waals surface area contributed by atoms with E-state index in [1.807, 2.05) is 48.7 Å². The summed E-state index contributed by atoms with van der Waals surface area (Å²) in [5.74, 6) is -0.663. The zero-order valence-electron chi connectivity index (χ0n) is 16.2. The summed E-state index contributed by atoms with van der Waals surface area (Å²) in [5.41, 5.74) is 4.19. The first-order chi connectivity index (χ1) is 13.1. The molecule has 1 heteroatoms. The molecule has 4 atom stereocenters. The molecule has 2 bridgehead atoms. The lowest BCUT2D eigenvalue weighted by molar-refractivity contribution is 0.375. The molecule has 2 aromatic carbocycles. The smallest absolute Gasteiger partial charge is 0.0704 e. The van der Waals surface area contributed by atoms with Gasteiger partial charge in [-0.25, -0.2) is 0 Å². The lowest BCUT2D eigenvalue weighted by atomic mass is 9.76. The summed E-state index contributed by atoms with van der Waals surface area (Å²) in [6.45, 7) is 0. The van der Waals surface area contributed by atoms with Gasteiger partial charge in [-0.05, 0) is 66.1 Å². The van der Waals surface area contributed by atoms with Crippen LogP contribution < -0.4 is 0 Å². The first-order valence-electron chi connectivity index (χ1n) is 10.2. The molecule has 0 saturated heterocycles. The molecule has 3 aromatic rings. The van der Waals surface area contributed by atoms with Crippen LogP contribution in [-0.4, -0.2) is 4.98 Å². The molecular weight excluding hydrogens is 302 g/mol. The Labute approximate surface area is 152 Å². The van der Waals surface area contributed by atoms with Gasteiger partial charge in [0.05, 0.1) is 5.69 Å². The third-order valence-corrected chi connectivity index (χ3v) is 5.83. The predicted molar refractivity (Wildman–Crippen MR) is 102 cm³/mol. The normalized spacial score (nSPS) is 34.6. The fourth-order valence-electron chi connectivity index (χ4n) is 4.66. The molecule has 0 radical (unpaired) electrons. The van der Waals surface area contributed by atoms with Crippen molar-refractivity contribution in [2.24, 2.45) is 11.8 Å². The number of pyridine rings is 1. The van der Waals surface area contributed by atoms with Crippen molar-refractivity contribution in [1.29, 1.82) is 0 Å². The van der Waals surface area contributed by atoms with Gasteiger partial charge in [0.25, 0.3) is 0 Å². The Morgan fingerprint density at radius 2 is 1.36 bits per heavy atom. The van der Waals surface area contributed by atoms with Crippen molar-refractivity contribution in [2.75, 3.05) is 0 Å². The van der Waals surface area contributed by atoms with Crippen molar-refractivity contribution in [1.82, 2.24) is 4.98 Å². The van der Waals surface area contributed by atoms with Gasteiger partial charge >= 0.3 is 0 Å². The van der Waals surface area contributed by atoms with Crippen molar-refractivity contribution in [3.63, 3.8) is 0 Å². The third-order valence-electron chi connectivity index (χ3n) is 5.83. The van der Waals surface area contributed by atoms with Crippen LogP contribution in [0.1, 0.15) is 44.9 Å². The van der Waals surface area contributed by atoms with E-state index in [1.165, 1.54) is 0 Å². The Kier molecular flexibility index (Phi) is 3.17. The van der Waals surface area contributed by atoms with Crippen LogP contribution in [0.5, 0.6) is 0 Å². The van der Waals surface area contributed by atoms with Crippen LogP contribution in [0.3, 0.4) is 0 Å². The van der Waals surface area contributed by atoms with Gasteiger partial charge in [-0.15, -0.1) is 0 Å². The predicted octanol–water partition coefficient (Wildman–Crippen LogP) is 6.05. The molecule has 124 valence electrons. The number of benzene rings is 2. The van der Waals surface area contributed by atoms with E-state index in [2.05, 4.69) is 35.3 Å². The molecule has 2 fully saturated rings. The van der Waals surface area contributed by atoms with Crippen molar-refractivity contribution in [3.8, 4) is 11.3 Å². The first kappa shape index (κ1) is 12.9. The Balaban J connectivity index is 1.47. The second-order valence-electron chi connectivity index (χ2n) is 7.25. The molecule has 0 N–H and O–H groups in total. The van der Waals surface area contributed by atoms with Gasteiger partial charge in [0.15, 0.2) is 0 Å². The van der Waals surface area contributed by atoms with Crippen LogP contribution in [0.25, 0.3) is 11.3 Å². The maximum Gasteiger partial charge on any atom is 0.0704 e. The van der Waals surface area contributed by atoms with E-state index < -0.39 is 11.8 Å². The first-order valence-corrected chi connectivity index (χ1v) is 9.17. The standard InChI is InChI=1S/C24H23N/c1-3-7-17(8-4-1)22-14-21-13-20(22)15-23(21)19-11-12-25-24(16-19)18-9-5-2-6-10-18/h1-12,16,20-23H,13-15H2/i22D,23D. The van der Waals surface area contributed by atoms with E-state index in [1.54, 1.807) is 0 Å². The Bertz CT molecular complexity index is 958. The molecule has 4 unspecified atom stereocenters. The molecule has 25 heavy (non-hydrogen) atoms. The zero-order chi connectivity index (χ0) is 18.5. The SMILES string of the molecule is [2H]C1(c2ccccc2)CC2CC1CC2([2H])c1ccnc(-c2ccccc2)c1. The Hall–Kier alpha value is -2.41. The van der Waals surface area contributed by atoms with Gasteiger partial charge in [0.2, 0.25) is 0 Å². The summed E-state index contributed by atoms with van der Waals surface area (Å²) in [5, 5.41) is 0. The molecule has 2 aliphatic carbocycles. The molecule has 0 spiro atoms. The highest BCUT2D eigenvalue weighted by Crippen LogP contribution is 2.59. The van der Waals surface area contributed by atoms with Crippen molar-refractivity contribution >= 4 is 0 Å². The minimum Gasteiger partial charge on any atom is -0.256 e. The Morgan fingerprint density at radius 3 is 2.04 bits per heavy atom. The minimum atomic E-state index is -0.601. The molecule has 5 rings (SSSR count). The van der Waals surface area contributed by atoms with Crippen LogP contribution in [0, 0.1) is 11.8 Å². The highest BCUT2D eigenvalue weighted by Gasteiger charge is 2.46. The second kappa shape index (κ2) is 6.15. The topological polar surface area (TPSA) is 12.9 Å². The highest BCUT2D eigenvalue weighted by molar-refractivity contribution is 5.59. The van der Waals surface area contributed by atoms with E-state index in [0.29, 0.717) is 0 Å². The molecule has 2 saturated carbocycles. The van der Waals surface area contributed by atoms with Crippen molar-refractivity contribution in [2.45, 2.75) is 31.1 Å². The van der Waals surface area contributed by atoms with Gasteiger partial charge < -0.3 is 0 Å². The maximum absolute atomic E-state index is 9.30. The summed E-state index contributed by atoms with van der Waals surface area (Å²) in [6, 6.07) is 24.5. The molecule has 1 aromatic heterocycles. The van der Waals surface area contributed by atoms with Crippen LogP contribution in [0.15, 0.2) is 79.0 Å². The van der Waals surface area contributed by atoms with Crippen molar-refractivity contribution < 1.29 is 2.74 Å². The number of aromatic nitrogens is 1. The molecule has 2 aliphatic rings. The monoisotopic (exact) mass is 327 g/mol. The summed E-state index contributed by atoms with van der Waals surface area (Å²) in [6.07, 6.45) is 4.35. The third kappa shape index (κ3) is 2.68. The van der Waals surface area contributed by atoms with E-state index in [-0.39, 0.29) is 11.8 Å². The van der Waals surface area contributed by atoms with Crippen LogP contribution in [0.4, 0.5) is 0 Å². The highest BCUT2D eigenvalue weighted by atomic mass is 14.7. The van der Waals surface area contributed by atoms with Gasteiger partial charge in [0.1, 0.15) is 0 Å². The number of nitrogens with zero attached hydrogens (tertiary/aromatic N) is 1. The zero-order valence-corrected chi connectivity index (χ0v) is 14.2. The van der Waals surface area contributed by atoms with Crippen LogP contribution >= 0.6 is 0 Å². The maximum atomic E-state index is 9.30. The summed E-state index contributed by atoms with van der Waals surface area (Å²) < 4.78 is 18.4. The van der Waals surface area contributed by atoms with E-state index in [0.717, 1.165) is 41.6 Å². The molecule has 0 aliphatic heterocycles. The number of rotatable bonds is 3. The van der Waals surface area contributed by atoms with Gasteiger partial charge in [-0.2, -0.15) is 0 Å². The fraction of sp³-hybridized carbons (Fsp3) is 0.292. The lowest BCUT2D eigenvalue weighted by Gasteiger charge is -2.28. The van der Waals surface area contributed by atoms with E-state index in [9.17, 15) is 1.37 Å². The minimum absolute atomic E-state index is 0.228. The average molecular weight is 327 g/mol. The quantitative estimate of drug-likeness (QED) is 0.571.